The molecule has 0 spiro atoms. The Morgan fingerprint density at radius 2 is 2.00 bits per heavy atom. The molecule has 1 heterocycles. The van der Waals surface area contributed by atoms with E-state index in [4.69, 9.17) is 0 Å². The van der Waals surface area contributed by atoms with Crippen LogP contribution in [-0.2, 0) is 0 Å². The molecule has 1 saturated heterocycles. The zero-order chi connectivity index (χ0) is 16.5. The number of hydrogen-bond acceptors (Lipinski definition) is 3. The van der Waals surface area contributed by atoms with Crippen molar-refractivity contribution in [1.82, 2.24) is 9.80 Å². The molecule has 1 N–H and O–H groups in total. The van der Waals surface area contributed by atoms with Gasteiger partial charge in [0, 0.05) is 37.8 Å². The largest absolute Gasteiger partial charge is 0.396 e. The second kappa shape index (κ2) is 9.72. The van der Waals surface area contributed by atoms with Crippen molar-refractivity contribution in [3.05, 3.63) is 35.9 Å². The maximum absolute atomic E-state index is 9.35. The zero-order valence-corrected chi connectivity index (χ0v) is 14.5. The van der Waals surface area contributed by atoms with Gasteiger partial charge in [-0.25, -0.2) is 0 Å². The number of aliphatic hydroxyl groups is 1. The number of hydrogen-bond donors (Lipinski definition) is 1. The van der Waals surface area contributed by atoms with Crippen LogP contribution in [0.3, 0.4) is 0 Å². The molecule has 1 atom stereocenters. The minimum atomic E-state index is 0.270. The minimum absolute atomic E-state index is 0.270. The van der Waals surface area contributed by atoms with Crippen molar-refractivity contribution in [3.8, 4) is 11.8 Å². The lowest BCUT2D eigenvalue weighted by Crippen LogP contribution is -2.53. The van der Waals surface area contributed by atoms with Gasteiger partial charge in [-0.15, -0.1) is 0 Å². The van der Waals surface area contributed by atoms with Crippen LogP contribution in [0.15, 0.2) is 30.3 Å². The Labute approximate surface area is 141 Å². The number of rotatable bonds is 6. The summed E-state index contributed by atoms with van der Waals surface area (Å²) in [6.45, 7) is 9.95. The average Bonchev–Trinajstić information content (AvgIpc) is 2.55. The highest BCUT2D eigenvalue weighted by Gasteiger charge is 2.25. The van der Waals surface area contributed by atoms with Crippen LogP contribution in [0.4, 0.5) is 0 Å². The molecule has 0 amide bonds. The second-order valence-electron chi connectivity index (χ2n) is 6.79. The summed E-state index contributed by atoms with van der Waals surface area (Å²) >= 11 is 0. The van der Waals surface area contributed by atoms with E-state index in [0.717, 1.165) is 50.6 Å². The lowest BCUT2D eigenvalue weighted by Gasteiger charge is -2.41. The highest BCUT2D eigenvalue weighted by Crippen LogP contribution is 2.14. The van der Waals surface area contributed by atoms with E-state index in [9.17, 15) is 5.11 Å². The van der Waals surface area contributed by atoms with E-state index in [1.54, 1.807) is 0 Å². The van der Waals surface area contributed by atoms with Gasteiger partial charge in [-0.1, -0.05) is 43.9 Å². The number of nitrogens with zero attached hydrogens (tertiary/aromatic N) is 2. The molecule has 1 aromatic rings. The van der Waals surface area contributed by atoms with E-state index in [1.165, 1.54) is 6.42 Å². The van der Waals surface area contributed by atoms with Crippen molar-refractivity contribution in [2.75, 3.05) is 39.3 Å². The summed E-state index contributed by atoms with van der Waals surface area (Å²) in [6, 6.07) is 10.6. The molecular formula is C20H30N2O. The Kier molecular flexibility index (Phi) is 7.61. The van der Waals surface area contributed by atoms with Gasteiger partial charge in [0.15, 0.2) is 0 Å². The number of aliphatic hydroxyl groups excluding tert-OH is 1. The summed E-state index contributed by atoms with van der Waals surface area (Å²) in [5.41, 5.74) is 1.08. The number of benzene rings is 1. The van der Waals surface area contributed by atoms with Crippen LogP contribution in [-0.4, -0.2) is 60.3 Å². The van der Waals surface area contributed by atoms with Crippen LogP contribution in [0, 0.1) is 17.8 Å². The van der Waals surface area contributed by atoms with Crippen molar-refractivity contribution < 1.29 is 5.11 Å². The van der Waals surface area contributed by atoms with Gasteiger partial charge in [-0.2, -0.15) is 0 Å². The first kappa shape index (κ1) is 18.0. The molecule has 3 heteroatoms. The Morgan fingerprint density at radius 1 is 1.22 bits per heavy atom. The molecular weight excluding hydrogens is 284 g/mol. The van der Waals surface area contributed by atoms with Crippen LogP contribution in [0.5, 0.6) is 0 Å². The molecule has 0 bridgehead atoms. The van der Waals surface area contributed by atoms with Crippen molar-refractivity contribution in [2.45, 2.75) is 32.7 Å². The summed E-state index contributed by atoms with van der Waals surface area (Å²) in [4.78, 5) is 4.97. The smallest absolute Gasteiger partial charge is 0.0606 e. The molecule has 1 fully saturated rings. The maximum atomic E-state index is 9.35. The molecule has 2 rings (SSSR count). The molecule has 1 aliphatic heterocycles. The normalized spacial score (nSPS) is 19.6. The predicted octanol–water partition coefficient (Wildman–Crippen LogP) is 2.45. The van der Waals surface area contributed by atoms with Gasteiger partial charge in [-0.05, 0) is 37.4 Å². The van der Waals surface area contributed by atoms with Crippen LogP contribution in [0.2, 0.25) is 0 Å². The van der Waals surface area contributed by atoms with Gasteiger partial charge < -0.3 is 5.11 Å². The molecule has 3 nitrogen and oxygen atoms in total. The Hall–Kier alpha value is -1.34. The van der Waals surface area contributed by atoms with Crippen LogP contribution < -0.4 is 0 Å². The first-order valence-electron chi connectivity index (χ1n) is 8.80. The fraction of sp³-hybridized carbons (Fsp3) is 0.600. The molecule has 1 aliphatic rings. The van der Waals surface area contributed by atoms with Gasteiger partial charge in [0.05, 0.1) is 6.54 Å². The standard InChI is InChI=1S/C20H30N2O/c1-18(2)10-13-22-15-14-21(17-20(22)11-16-23)12-6-9-19-7-4-3-5-8-19/h3-5,7-8,18,20,23H,10-17H2,1-2H3. The molecule has 0 aromatic heterocycles. The average molecular weight is 314 g/mol. The highest BCUT2D eigenvalue weighted by molar-refractivity contribution is 5.33. The fourth-order valence-corrected chi connectivity index (χ4v) is 3.02. The predicted molar refractivity (Wildman–Crippen MR) is 96.3 cm³/mol. The topological polar surface area (TPSA) is 26.7 Å². The monoisotopic (exact) mass is 314 g/mol. The zero-order valence-electron chi connectivity index (χ0n) is 14.5. The highest BCUT2D eigenvalue weighted by atomic mass is 16.3. The first-order chi connectivity index (χ1) is 11.2. The van der Waals surface area contributed by atoms with Crippen LogP contribution in [0.25, 0.3) is 0 Å². The van der Waals surface area contributed by atoms with Gasteiger partial charge in [0.25, 0.3) is 0 Å². The summed E-state index contributed by atoms with van der Waals surface area (Å²) < 4.78 is 0. The first-order valence-corrected chi connectivity index (χ1v) is 8.80. The molecule has 0 saturated carbocycles. The van der Waals surface area contributed by atoms with Crippen molar-refractivity contribution >= 4 is 0 Å². The quantitative estimate of drug-likeness (QED) is 0.817. The third-order valence-corrected chi connectivity index (χ3v) is 4.45. The van der Waals surface area contributed by atoms with Gasteiger partial charge >= 0.3 is 0 Å². The van der Waals surface area contributed by atoms with E-state index in [0.29, 0.717) is 6.04 Å². The van der Waals surface area contributed by atoms with E-state index in [2.05, 4.69) is 35.5 Å². The van der Waals surface area contributed by atoms with Gasteiger partial charge in [0.2, 0.25) is 0 Å². The van der Waals surface area contributed by atoms with Gasteiger partial charge in [0.1, 0.15) is 0 Å². The second-order valence-corrected chi connectivity index (χ2v) is 6.79. The van der Waals surface area contributed by atoms with E-state index < -0.39 is 0 Å². The SMILES string of the molecule is CC(C)CCN1CCN(CC#Cc2ccccc2)CC1CCO. The Bertz CT molecular complexity index is 503. The van der Waals surface area contributed by atoms with Crippen LogP contribution >= 0.6 is 0 Å². The molecule has 0 radical (unpaired) electrons. The third-order valence-electron chi connectivity index (χ3n) is 4.45. The van der Waals surface area contributed by atoms with Crippen LogP contribution in [0.1, 0.15) is 32.3 Å². The molecule has 1 aromatic carbocycles. The molecule has 126 valence electrons. The Morgan fingerprint density at radius 3 is 2.70 bits per heavy atom. The molecule has 0 aliphatic carbocycles. The summed E-state index contributed by atoms with van der Waals surface area (Å²) in [7, 11) is 0. The van der Waals surface area contributed by atoms with E-state index in [-0.39, 0.29) is 6.61 Å². The number of piperazine rings is 1. The van der Waals surface area contributed by atoms with Crippen molar-refractivity contribution in [1.29, 1.82) is 0 Å². The van der Waals surface area contributed by atoms with Gasteiger partial charge in [-0.3, -0.25) is 9.80 Å². The fourth-order valence-electron chi connectivity index (χ4n) is 3.02. The minimum Gasteiger partial charge on any atom is -0.396 e. The molecule has 23 heavy (non-hydrogen) atoms. The van der Waals surface area contributed by atoms with E-state index >= 15 is 0 Å². The summed E-state index contributed by atoms with van der Waals surface area (Å²) in [6.07, 6.45) is 2.09. The summed E-state index contributed by atoms with van der Waals surface area (Å²) in [5.74, 6) is 7.27. The lowest BCUT2D eigenvalue weighted by molar-refractivity contribution is 0.0629. The maximum Gasteiger partial charge on any atom is 0.0606 e. The van der Waals surface area contributed by atoms with E-state index in [1.807, 2.05) is 30.3 Å². The van der Waals surface area contributed by atoms with Crippen molar-refractivity contribution in [2.24, 2.45) is 5.92 Å². The molecule has 1 unspecified atom stereocenters. The summed E-state index contributed by atoms with van der Waals surface area (Å²) in [5, 5.41) is 9.35. The van der Waals surface area contributed by atoms with Crippen molar-refractivity contribution in [3.63, 3.8) is 0 Å². The third kappa shape index (κ3) is 6.35. The lowest BCUT2D eigenvalue weighted by atomic mass is 10.1. The Balaban J connectivity index is 1.85.